The van der Waals surface area contributed by atoms with E-state index in [1.54, 1.807) is 29.3 Å². The molecule has 178 valence electrons. The van der Waals surface area contributed by atoms with E-state index in [1.165, 1.54) is 46.1 Å². The van der Waals surface area contributed by atoms with Crippen LogP contribution in [0.15, 0.2) is 64.5 Å². The second kappa shape index (κ2) is 9.61. The van der Waals surface area contributed by atoms with E-state index in [1.807, 2.05) is 0 Å². The van der Waals surface area contributed by atoms with E-state index in [9.17, 15) is 22.8 Å². The van der Waals surface area contributed by atoms with Crippen LogP contribution < -0.4 is 16.2 Å². The molecule has 2 N–H and O–H groups in total. The lowest BCUT2D eigenvalue weighted by molar-refractivity contribution is -0.130. The van der Waals surface area contributed by atoms with Crippen LogP contribution in [0.5, 0.6) is 0 Å². The second-order valence-electron chi connectivity index (χ2n) is 7.75. The first-order chi connectivity index (χ1) is 16.3. The number of carbonyl (C=O) groups excluding carboxylic acids is 2. The smallest absolute Gasteiger partial charge is 0.281 e. The van der Waals surface area contributed by atoms with Crippen LogP contribution in [0.2, 0.25) is 0 Å². The van der Waals surface area contributed by atoms with E-state index in [0.29, 0.717) is 11.3 Å². The Morgan fingerprint density at radius 1 is 1.03 bits per heavy atom. The SMILES string of the molecule is CC(=O)Nc1ccc(S(=O)(=O)N2CCN(C(=O)CNc3cnc4ccccn4c3=O)CC2)cc1. The molecule has 1 aliphatic rings. The maximum Gasteiger partial charge on any atom is 0.281 e. The summed E-state index contributed by atoms with van der Waals surface area (Å²) in [5.41, 5.74) is 0.918. The van der Waals surface area contributed by atoms with Gasteiger partial charge < -0.3 is 15.5 Å². The van der Waals surface area contributed by atoms with Crippen LogP contribution in [-0.4, -0.2) is 71.5 Å². The Balaban J connectivity index is 1.34. The summed E-state index contributed by atoms with van der Waals surface area (Å²) < 4.78 is 28.6. The highest BCUT2D eigenvalue weighted by Crippen LogP contribution is 2.20. The average molecular weight is 485 g/mol. The zero-order valence-electron chi connectivity index (χ0n) is 18.5. The molecule has 3 heterocycles. The predicted octanol–water partition coefficient (Wildman–Crippen LogP) is 0.598. The fraction of sp³-hybridized carbons (Fsp3) is 0.273. The highest BCUT2D eigenvalue weighted by Gasteiger charge is 2.30. The lowest BCUT2D eigenvalue weighted by Gasteiger charge is -2.34. The molecule has 2 amide bonds. The summed E-state index contributed by atoms with van der Waals surface area (Å²) in [7, 11) is -3.72. The number of carbonyl (C=O) groups is 2. The Morgan fingerprint density at radius 3 is 2.41 bits per heavy atom. The number of aromatic nitrogens is 2. The van der Waals surface area contributed by atoms with Gasteiger partial charge in [0.25, 0.3) is 5.56 Å². The van der Waals surface area contributed by atoms with Gasteiger partial charge in [0.15, 0.2) is 0 Å². The number of nitrogens with zero attached hydrogens (tertiary/aromatic N) is 4. The molecule has 0 aliphatic carbocycles. The number of benzene rings is 1. The molecule has 0 radical (unpaired) electrons. The van der Waals surface area contributed by atoms with E-state index in [2.05, 4.69) is 15.6 Å². The molecular weight excluding hydrogens is 460 g/mol. The van der Waals surface area contributed by atoms with Crippen molar-refractivity contribution in [1.29, 1.82) is 0 Å². The zero-order valence-corrected chi connectivity index (χ0v) is 19.3. The number of hydrogen-bond acceptors (Lipinski definition) is 7. The molecule has 0 spiro atoms. The first-order valence-electron chi connectivity index (χ1n) is 10.6. The normalized spacial score (nSPS) is 14.7. The van der Waals surface area contributed by atoms with Gasteiger partial charge in [-0.2, -0.15) is 4.31 Å². The third-order valence-electron chi connectivity index (χ3n) is 5.45. The maximum atomic E-state index is 12.9. The van der Waals surface area contributed by atoms with Crippen molar-refractivity contribution in [2.45, 2.75) is 11.8 Å². The van der Waals surface area contributed by atoms with Crippen molar-refractivity contribution in [2.24, 2.45) is 0 Å². The third kappa shape index (κ3) is 4.92. The number of nitrogens with one attached hydrogen (secondary N) is 2. The molecule has 11 nitrogen and oxygen atoms in total. The van der Waals surface area contributed by atoms with Crippen LogP contribution in [0.4, 0.5) is 11.4 Å². The minimum Gasteiger partial charge on any atom is -0.370 e. The number of hydrogen-bond donors (Lipinski definition) is 2. The second-order valence-corrected chi connectivity index (χ2v) is 9.69. The van der Waals surface area contributed by atoms with Crippen LogP contribution in [0, 0.1) is 0 Å². The number of rotatable bonds is 6. The van der Waals surface area contributed by atoms with Crippen LogP contribution in [0.3, 0.4) is 0 Å². The van der Waals surface area contributed by atoms with Gasteiger partial charge in [0, 0.05) is 45.0 Å². The molecule has 0 unspecified atom stereocenters. The molecule has 4 rings (SSSR count). The number of fused-ring (bicyclic) bond motifs is 1. The van der Waals surface area contributed by atoms with E-state index >= 15 is 0 Å². The topological polar surface area (TPSA) is 133 Å². The van der Waals surface area contributed by atoms with Gasteiger partial charge in [-0.25, -0.2) is 13.4 Å². The Morgan fingerprint density at radius 2 is 1.74 bits per heavy atom. The molecule has 1 fully saturated rings. The van der Waals surface area contributed by atoms with Gasteiger partial charge in [-0.3, -0.25) is 18.8 Å². The lowest BCUT2D eigenvalue weighted by atomic mass is 10.3. The van der Waals surface area contributed by atoms with Crippen molar-refractivity contribution in [2.75, 3.05) is 43.4 Å². The van der Waals surface area contributed by atoms with Crippen LogP contribution in [0.1, 0.15) is 6.92 Å². The van der Waals surface area contributed by atoms with Crippen LogP contribution >= 0.6 is 0 Å². The van der Waals surface area contributed by atoms with Gasteiger partial charge in [-0.1, -0.05) is 6.07 Å². The van der Waals surface area contributed by atoms with Crippen molar-refractivity contribution in [3.63, 3.8) is 0 Å². The van der Waals surface area contributed by atoms with Crippen molar-refractivity contribution >= 4 is 38.9 Å². The van der Waals surface area contributed by atoms with Crippen molar-refractivity contribution in [3.05, 3.63) is 65.2 Å². The average Bonchev–Trinajstić information content (AvgIpc) is 2.83. The first-order valence-corrected chi connectivity index (χ1v) is 12.1. The van der Waals surface area contributed by atoms with Crippen LogP contribution in [-0.2, 0) is 19.6 Å². The molecule has 0 atom stereocenters. The Hall–Kier alpha value is -3.77. The standard InChI is InChI=1S/C22H24N6O5S/c1-16(29)25-17-5-7-18(8-6-17)34(32,33)27-12-10-26(11-13-27)21(30)15-23-19-14-24-20-4-2-3-9-28(20)22(19)31/h2-9,14,23H,10-13,15H2,1H3,(H,25,29). The minimum absolute atomic E-state index is 0.104. The van der Waals surface area contributed by atoms with Crippen molar-refractivity contribution < 1.29 is 18.0 Å². The quantitative estimate of drug-likeness (QED) is 0.523. The third-order valence-corrected chi connectivity index (χ3v) is 7.36. The molecule has 1 aromatic carbocycles. The molecule has 2 aromatic heterocycles. The summed E-state index contributed by atoms with van der Waals surface area (Å²) in [6.07, 6.45) is 3.00. The largest absolute Gasteiger partial charge is 0.370 e. The molecule has 0 bridgehead atoms. The Bertz CT molecular complexity index is 1380. The molecule has 12 heteroatoms. The van der Waals surface area contributed by atoms with Gasteiger partial charge in [0.2, 0.25) is 21.8 Å². The lowest BCUT2D eigenvalue weighted by Crippen LogP contribution is -2.51. The minimum atomic E-state index is -3.72. The van der Waals surface area contributed by atoms with E-state index in [4.69, 9.17) is 0 Å². The summed E-state index contributed by atoms with van der Waals surface area (Å²) in [5, 5.41) is 5.43. The maximum absolute atomic E-state index is 12.9. The highest BCUT2D eigenvalue weighted by atomic mass is 32.2. The number of amides is 2. The number of piperazine rings is 1. The monoisotopic (exact) mass is 484 g/mol. The molecule has 1 saturated heterocycles. The zero-order chi connectivity index (χ0) is 24.3. The van der Waals surface area contributed by atoms with E-state index in [0.717, 1.165) is 0 Å². The highest BCUT2D eigenvalue weighted by molar-refractivity contribution is 7.89. The summed E-state index contributed by atoms with van der Waals surface area (Å²) >= 11 is 0. The summed E-state index contributed by atoms with van der Waals surface area (Å²) in [5.74, 6) is -0.484. The first kappa shape index (κ1) is 23.4. The van der Waals surface area contributed by atoms with Crippen molar-refractivity contribution in [3.8, 4) is 0 Å². The Labute approximate surface area is 196 Å². The van der Waals surface area contributed by atoms with Gasteiger partial charge >= 0.3 is 0 Å². The fourth-order valence-electron chi connectivity index (χ4n) is 3.67. The van der Waals surface area contributed by atoms with E-state index < -0.39 is 10.0 Å². The number of sulfonamides is 1. The van der Waals surface area contributed by atoms with Gasteiger partial charge in [0.05, 0.1) is 17.6 Å². The van der Waals surface area contributed by atoms with E-state index in [-0.39, 0.29) is 60.7 Å². The Kier molecular flexibility index (Phi) is 6.61. The summed E-state index contributed by atoms with van der Waals surface area (Å²) in [6, 6.07) is 11.2. The molecule has 34 heavy (non-hydrogen) atoms. The predicted molar refractivity (Wildman–Crippen MR) is 126 cm³/mol. The summed E-state index contributed by atoms with van der Waals surface area (Å²) in [6.45, 7) is 2.05. The van der Waals surface area contributed by atoms with Gasteiger partial charge in [-0.15, -0.1) is 0 Å². The van der Waals surface area contributed by atoms with Gasteiger partial charge in [0.1, 0.15) is 11.3 Å². The fourth-order valence-corrected chi connectivity index (χ4v) is 5.09. The molecule has 3 aromatic rings. The number of pyridine rings is 1. The molecule has 0 saturated carbocycles. The van der Waals surface area contributed by atoms with Crippen molar-refractivity contribution in [1.82, 2.24) is 18.6 Å². The van der Waals surface area contributed by atoms with Gasteiger partial charge in [-0.05, 0) is 36.4 Å². The molecule has 1 aliphatic heterocycles. The summed E-state index contributed by atoms with van der Waals surface area (Å²) in [4.78, 5) is 42.2. The number of anilines is 2. The van der Waals surface area contributed by atoms with Crippen LogP contribution in [0.25, 0.3) is 5.65 Å². The molecular formula is C22H24N6O5S.